The van der Waals surface area contributed by atoms with Crippen molar-refractivity contribution in [3.05, 3.63) is 296 Å². The van der Waals surface area contributed by atoms with E-state index in [1.807, 2.05) is 109 Å². The SMILES string of the molecule is [2H]c1c([2H])c([2H])c(-c2ccc3c(c2)N(c2cc(-c4ccccc4)cc4c2c2ccccc2n4-c2ccccc2)c2cc(C(C)(C)C)cc4c2B3c2ccc(-n3c5c([2H])c([2H])c([2H])c([2H])c5c5c([2H])c([2H])c([2H])c([2H])c53)cc2N4c2cc(-c3ccccc3)cc3oc4ccccc4c23)c([2H])c1[2H]. The molecule has 2 aliphatic heterocycles. The summed E-state index contributed by atoms with van der Waals surface area (Å²) in [6.45, 7) is 5.89. The Morgan fingerprint density at radius 1 is 0.341 bits per heavy atom. The van der Waals surface area contributed by atoms with Crippen LogP contribution in [-0.4, -0.2) is 15.8 Å². The van der Waals surface area contributed by atoms with Crippen LogP contribution >= 0.6 is 0 Å². The molecular weight excluding hydrogens is 1070 g/mol. The van der Waals surface area contributed by atoms with Crippen molar-refractivity contribution in [3.63, 3.8) is 0 Å². The lowest BCUT2D eigenvalue weighted by Crippen LogP contribution is -2.61. The Morgan fingerprint density at radius 2 is 0.875 bits per heavy atom. The maximum atomic E-state index is 9.69. The number of hydrogen-bond donors (Lipinski definition) is 0. The van der Waals surface area contributed by atoms with Gasteiger partial charge in [-0.15, -0.1) is 0 Å². The molecule has 414 valence electrons. The summed E-state index contributed by atoms with van der Waals surface area (Å²) in [5.74, 6) is 0. The smallest absolute Gasteiger partial charge is 0.252 e. The van der Waals surface area contributed by atoms with E-state index in [4.69, 9.17) is 14.0 Å². The average molecular weight is 1140 g/mol. The highest BCUT2D eigenvalue weighted by Gasteiger charge is 2.45. The molecule has 3 aromatic heterocycles. The van der Waals surface area contributed by atoms with Gasteiger partial charge >= 0.3 is 0 Å². The second kappa shape index (κ2) is 19.2. The molecule has 0 amide bonds. The quantitative estimate of drug-likeness (QED) is 0.149. The van der Waals surface area contributed by atoms with Gasteiger partial charge in [0.25, 0.3) is 6.71 Å². The van der Waals surface area contributed by atoms with Crippen LogP contribution < -0.4 is 26.2 Å². The first kappa shape index (κ1) is 38.8. The highest BCUT2D eigenvalue weighted by atomic mass is 16.3. The molecule has 0 saturated heterocycles. The van der Waals surface area contributed by atoms with Gasteiger partial charge in [0.15, 0.2) is 0 Å². The van der Waals surface area contributed by atoms with E-state index in [1.54, 1.807) is 4.57 Å². The molecule has 0 saturated carbocycles. The molecule has 18 rings (SSSR count). The largest absolute Gasteiger partial charge is 0.456 e. The number of benzene rings is 13. The highest BCUT2D eigenvalue weighted by molar-refractivity contribution is 7.00. The van der Waals surface area contributed by atoms with Crippen LogP contribution in [0.1, 0.15) is 44.2 Å². The summed E-state index contributed by atoms with van der Waals surface area (Å²) in [4.78, 5) is 4.61. The van der Waals surface area contributed by atoms with Crippen LogP contribution in [0.3, 0.4) is 0 Å². The fourth-order valence-corrected chi connectivity index (χ4v) is 14.0. The number of anilines is 6. The van der Waals surface area contributed by atoms with Gasteiger partial charge in [-0.1, -0.05) is 221 Å². The molecule has 13 aromatic carbocycles. The van der Waals surface area contributed by atoms with E-state index in [0.29, 0.717) is 33.8 Å². The van der Waals surface area contributed by atoms with Crippen molar-refractivity contribution in [3.8, 4) is 44.8 Å². The van der Waals surface area contributed by atoms with E-state index in [0.717, 1.165) is 105 Å². The average Bonchev–Trinajstić information content (AvgIpc) is 1.60. The molecule has 0 aliphatic carbocycles. The predicted octanol–water partition coefficient (Wildman–Crippen LogP) is 20.2. The molecule has 0 fully saturated rings. The third-order valence-electron chi connectivity index (χ3n) is 17.9. The number of furan rings is 1. The summed E-state index contributed by atoms with van der Waals surface area (Å²) >= 11 is 0. The van der Waals surface area contributed by atoms with Crippen LogP contribution in [0.5, 0.6) is 0 Å². The molecule has 0 bridgehead atoms. The summed E-state index contributed by atoms with van der Waals surface area (Å²) < 4.78 is 131. The lowest BCUT2D eigenvalue weighted by Gasteiger charge is -2.45. The fourth-order valence-electron chi connectivity index (χ4n) is 14.0. The molecule has 0 radical (unpaired) electrons. The van der Waals surface area contributed by atoms with Crippen molar-refractivity contribution >= 4 is 123 Å². The fraction of sp³-hybridized carbons (Fsp3) is 0.0488. The Hall–Kier alpha value is -11.1. The van der Waals surface area contributed by atoms with Crippen LogP contribution in [0.15, 0.2) is 295 Å². The van der Waals surface area contributed by atoms with Gasteiger partial charge in [-0.25, -0.2) is 0 Å². The van der Waals surface area contributed by atoms with Gasteiger partial charge in [-0.05, 0) is 152 Å². The number of rotatable bonds is 7. The van der Waals surface area contributed by atoms with Gasteiger partial charge in [-0.3, -0.25) is 0 Å². The Morgan fingerprint density at radius 3 is 1.55 bits per heavy atom. The monoisotopic (exact) mass is 1140 g/mol. The minimum atomic E-state index is -0.658. The molecule has 0 unspecified atom stereocenters. The molecule has 88 heavy (non-hydrogen) atoms. The van der Waals surface area contributed by atoms with Crippen molar-refractivity contribution in [1.29, 1.82) is 0 Å². The van der Waals surface area contributed by atoms with Crippen LogP contribution in [0.25, 0.3) is 110 Å². The second-order valence-electron chi connectivity index (χ2n) is 23.9. The number of para-hydroxylation sites is 5. The van der Waals surface area contributed by atoms with Gasteiger partial charge in [0.2, 0.25) is 0 Å². The van der Waals surface area contributed by atoms with Gasteiger partial charge in [0, 0.05) is 61.1 Å². The molecule has 0 atom stereocenters. The first-order chi connectivity index (χ1) is 48.7. The summed E-state index contributed by atoms with van der Waals surface area (Å²) in [5.41, 5.74) is 15.7. The van der Waals surface area contributed by atoms with Crippen molar-refractivity contribution in [2.45, 2.75) is 26.2 Å². The van der Waals surface area contributed by atoms with Crippen LogP contribution in [-0.2, 0) is 5.41 Å². The van der Waals surface area contributed by atoms with E-state index in [9.17, 15) is 8.22 Å². The Balaban J connectivity index is 1.04. The van der Waals surface area contributed by atoms with Crippen LogP contribution in [0.2, 0.25) is 0 Å². The number of aromatic nitrogens is 2. The maximum Gasteiger partial charge on any atom is 0.252 e. The molecule has 16 aromatic rings. The van der Waals surface area contributed by atoms with E-state index < -0.39 is 78.6 Å². The molecule has 6 heteroatoms. The zero-order valence-electron chi connectivity index (χ0n) is 61.0. The molecule has 5 heterocycles. The summed E-state index contributed by atoms with van der Waals surface area (Å²) in [5, 5.41) is 3.44. The molecule has 5 nitrogen and oxygen atoms in total. The minimum absolute atomic E-state index is 0.0243. The van der Waals surface area contributed by atoms with E-state index in [-0.39, 0.29) is 39.5 Å². The number of hydrogen-bond acceptors (Lipinski definition) is 3. The van der Waals surface area contributed by atoms with E-state index in [2.05, 4.69) is 138 Å². The predicted molar refractivity (Wildman–Crippen MR) is 371 cm³/mol. The normalized spacial score (nSPS) is 14.9. The Labute approximate surface area is 529 Å². The maximum absolute atomic E-state index is 9.69. The van der Waals surface area contributed by atoms with Crippen LogP contribution in [0, 0.1) is 0 Å². The lowest BCUT2D eigenvalue weighted by molar-refractivity contribution is 0.590. The lowest BCUT2D eigenvalue weighted by atomic mass is 9.33. The third kappa shape index (κ3) is 7.55. The highest BCUT2D eigenvalue weighted by Crippen LogP contribution is 2.53. The molecule has 2 aliphatic rings. The first-order valence-corrected chi connectivity index (χ1v) is 29.5. The van der Waals surface area contributed by atoms with Gasteiger partial charge in [0.1, 0.15) is 11.2 Å². The summed E-state index contributed by atoms with van der Waals surface area (Å²) in [7, 11) is 0. The Bertz CT molecular complexity index is 6220. The van der Waals surface area contributed by atoms with E-state index >= 15 is 0 Å². The second-order valence-corrected chi connectivity index (χ2v) is 23.9. The number of fused-ring (bicyclic) bond motifs is 13. The minimum Gasteiger partial charge on any atom is -0.456 e. The van der Waals surface area contributed by atoms with Crippen molar-refractivity contribution in [2.24, 2.45) is 0 Å². The zero-order valence-corrected chi connectivity index (χ0v) is 48.0. The van der Waals surface area contributed by atoms with Gasteiger partial charge < -0.3 is 23.4 Å². The van der Waals surface area contributed by atoms with Crippen LogP contribution in [0.4, 0.5) is 34.1 Å². The van der Waals surface area contributed by atoms with Crippen molar-refractivity contribution in [1.82, 2.24) is 9.13 Å². The summed E-state index contributed by atoms with van der Waals surface area (Å²) in [6.07, 6.45) is 0. The molecule has 0 N–H and O–H groups in total. The summed E-state index contributed by atoms with van der Waals surface area (Å²) in [6, 6.07) is 66.0. The van der Waals surface area contributed by atoms with Gasteiger partial charge in [0.05, 0.1) is 56.6 Å². The Kier molecular flexibility index (Phi) is 8.47. The topological polar surface area (TPSA) is 29.5 Å². The van der Waals surface area contributed by atoms with E-state index in [1.165, 1.54) is 0 Å². The molecular formula is C82H57BN4O. The van der Waals surface area contributed by atoms with Crippen molar-refractivity contribution < 1.29 is 22.2 Å². The molecule has 0 spiro atoms. The number of nitrogens with zero attached hydrogens (tertiary/aromatic N) is 4. The van der Waals surface area contributed by atoms with Crippen molar-refractivity contribution in [2.75, 3.05) is 9.80 Å². The first-order valence-electron chi connectivity index (χ1n) is 36.0. The zero-order chi connectivity index (χ0) is 69.7. The third-order valence-corrected chi connectivity index (χ3v) is 17.9. The standard InChI is InChI=1S/C82H57BN4O/c1-82(2,3)58-49-75-81-76(50-58)87(74-47-57(54-28-12-6-13-29-54)48-78-80(74)64-35-19-23-39-77(64)88-78)71-51-60(85-67-36-20-16-32-61(67)62-33-17-21-37-68(62)85)41-43-66(71)83(81)65-42-40-55(52-24-8-4-9-25-52)44-70(65)86(75)73-46-56(53-26-10-5-11-27-53)45-72-79(73)63-34-18-22-38-69(63)84(72)59-30-14-7-15-31-59/h4-51H,1-3H3/i4D,8D,9D,16D,17D,20D,21D,24D,25D,32D,33D,36D,37D. The van der Waals surface area contributed by atoms with Gasteiger partial charge in [-0.2, -0.15) is 0 Å².